The van der Waals surface area contributed by atoms with Crippen LogP contribution in [0.4, 0.5) is 0 Å². The van der Waals surface area contributed by atoms with Gasteiger partial charge in [-0.05, 0) is 6.92 Å². The van der Waals surface area contributed by atoms with Crippen LogP contribution in [-0.2, 0) is 18.6 Å². The van der Waals surface area contributed by atoms with Crippen LogP contribution in [0, 0.1) is 0 Å². The van der Waals surface area contributed by atoms with Crippen LogP contribution >= 0.6 is 7.60 Å². The molecule has 0 aromatic rings. The summed E-state index contributed by atoms with van der Waals surface area (Å²) < 4.78 is 19.6. The summed E-state index contributed by atoms with van der Waals surface area (Å²) in [5.74, 6) is -0.535. The van der Waals surface area contributed by atoms with Gasteiger partial charge in [0.05, 0.1) is 6.61 Å². The van der Waals surface area contributed by atoms with Crippen molar-refractivity contribution in [1.82, 2.24) is 0 Å². The average molecular weight is 208 g/mol. The number of carbonyl (C=O) groups is 1. The lowest BCUT2D eigenvalue weighted by atomic mass is 10.4. The quantitative estimate of drug-likeness (QED) is 0.315. The number of rotatable bonds is 5. The van der Waals surface area contributed by atoms with Gasteiger partial charge in [-0.25, -0.2) is 4.79 Å². The van der Waals surface area contributed by atoms with Gasteiger partial charge in [0.25, 0.3) is 0 Å². The molecule has 0 amide bonds. The molecule has 0 fully saturated rings. The standard InChI is InChI=1S/C7H13O5P/c1-6(2)7(8)11-4-5-12-13(3,9)10/h1,4-5H2,2-3H3,(H,9,10). The Balaban J connectivity index is 3.53. The largest absolute Gasteiger partial charge is 0.460 e. The van der Waals surface area contributed by atoms with Crippen molar-refractivity contribution in [2.75, 3.05) is 19.9 Å². The predicted molar refractivity (Wildman–Crippen MR) is 47.5 cm³/mol. The number of carbonyl (C=O) groups excluding carboxylic acids is 1. The van der Waals surface area contributed by atoms with Crippen LogP contribution in [-0.4, -0.2) is 30.7 Å². The zero-order valence-corrected chi connectivity index (χ0v) is 8.54. The molecule has 76 valence electrons. The van der Waals surface area contributed by atoms with Gasteiger partial charge >= 0.3 is 13.6 Å². The van der Waals surface area contributed by atoms with Gasteiger partial charge in [-0.3, -0.25) is 4.57 Å². The van der Waals surface area contributed by atoms with Crippen LogP contribution in [0.25, 0.3) is 0 Å². The van der Waals surface area contributed by atoms with Crippen molar-refractivity contribution in [1.29, 1.82) is 0 Å². The molecule has 0 aromatic carbocycles. The molecule has 0 rings (SSSR count). The third-order valence-electron chi connectivity index (χ3n) is 0.996. The van der Waals surface area contributed by atoms with E-state index < -0.39 is 13.6 Å². The highest BCUT2D eigenvalue weighted by Crippen LogP contribution is 2.35. The van der Waals surface area contributed by atoms with Crippen LogP contribution in [0.15, 0.2) is 12.2 Å². The summed E-state index contributed by atoms with van der Waals surface area (Å²) in [7, 11) is -3.46. The van der Waals surface area contributed by atoms with Crippen molar-refractivity contribution in [2.45, 2.75) is 6.92 Å². The first-order valence-electron chi connectivity index (χ1n) is 3.60. The maximum Gasteiger partial charge on any atom is 0.333 e. The zero-order valence-electron chi connectivity index (χ0n) is 7.65. The van der Waals surface area contributed by atoms with Crippen molar-refractivity contribution in [3.63, 3.8) is 0 Å². The minimum absolute atomic E-state index is 0.0515. The van der Waals surface area contributed by atoms with Gasteiger partial charge in [0.1, 0.15) is 6.61 Å². The number of esters is 1. The summed E-state index contributed by atoms with van der Waals surface area (Å²) in [5.41, 5.74) is 0.281. The van der Waals surface area contributed by atoms with Gasteiger partial charge in [0.15, 0.2) is 0 Å². The Morgan fingerprint density at radius 3 is 2.46 bits per heavy atom. The number of hydrogen-bond acceptors (Lipinski definition) is 4. The van der Waals surface area contributed by atoms with Gasteiger partial charge in [0, 0.05) is 12.2 Å². The second kappa shape index (κ2) is 5.17. The molecule has 0 heterocycles. The number of ether oxygens (including phenoxy) is 1. The summed E-state index contributed by atoms with van der Waals surface area (Å²) >= 11 is 0. The molecule has 0 aliphatic rings. The van der Waals surface area contributed by atoms with E-state index in [0.29, 0.717) is 0 Å². The van der Waals surface area contributed by atoms with Crippen molar-refractivity contribution >= 4 is 13.6 Å². The third kappa shape index (κ3) is 7.71. The highest BCUT2D eigenvalue weighted by Gasteiger charge is 2.10. The topological polar surface area (TPSA) is 72.8 Å². The smallest absolute Gasteiger partial charge is 0.333 e. The molecule has 1 N–H and O–H groups in total. The molecule has 0 aliphatic carbocycles. The fourth-order valence-electron chi connectivity index (χ4n) is 0.464. The first-order chi connectivity index (χ1) is 5.83. The average Bonchev–Trinajstić information content (AvgIpc) is 1.95. The Kier molecular flexibility index (Phi) is 4.91. The van der Waals surface area contributed by atoms with Gasteiger partial charge in [-0.15, -0.1) is 0 Å². The fraction of sp³-hybridized carbons (Fsp3) is 0.571. The molecular formula is C7H13O5P. The van der Waals surface area contributed by atoms with E-state index in [4.69, 9.17) is 4.89 Å². The lowest BCUT2D eigenvalue weighted by molar-refractivity contribution is -0.139. The molecule has 6 heteroatoms. The van der Waals surface area contributed by atoms with E-state index in [1.54, 1.807) is 0 Å². The monoisotopic (exact) mass is 208 g/mol. The third-order valence-corrected chi connectivity index (χ3v) is 1.66. The Hall–Kier alpha value is -0.640. The van der Waals surface area contributed by atoms with Crippen molar-refractivity contribution in [3.8, 4) is 0 Å². The maximum absolute atomic E-state index is 10.8. The van der Waals surface area contributed by atoms with Gasteiger partial charge in [-0.2, -0.15) is 0 Å². The minimum Gasteiger partial charge on any atom is -0.460 e. The van der Waals surface area contributed by atoms with E-state index in [1.165, 1.54) is 6.92 Å². The van der Waals surface area contributed by atoms with E-state index in [-0.39, 0.29) is 18.8 Å². The van der Waals surface area contributed by atoms with E-state index in [1.807, 2.05) is 0 Å². The molecule has 0 saturated carbocycles. The normalized spacial score (nSPS) is 14.7. The van der Waals surface area contributed by atoms with Crippen LogP contribution < -0.4 is 0 Å². The van der Waals surface area contributed by atoms with Crippen molar-refractivity contribution < 1.29 is 23.5 Å². The molecule has 5 nitrogen and oxygen atoms in total. The Morgan fingerprint density at radius 1 is 1.54 bits per heavy atom. The Morgan fingerprint density at radius 2 is 2.08 bits per heavy atom. The Bertz CT molecular complexity index is 241. The van der Waals surface area contributed by atoms with Crippen molar-refractivity contribution in [2.24, 2.45) is 0 Å². The van der Waals surface area contributed by atoms with Crippen LogP contribution in [0.1, 0.15) is 6.92 Å². The van der Waals surface area contributed by atoms with Crippen LogP contribution in [0.3, 0.4) is 0 Å². The minimum atomic E-state index is -3.46. The molecule has 0 aliphatic heterocycles. The van der Waals surface area contributed by atoms with E-state index in [0.717, 1.165) is 6.66 Å². The molecule has 13 heavy (non-hydrogen) atoms. The fourth-order valence-corrected chi connectivity index (χ4v) is 0.878. The summed E-state index contributed by atoms with van der Waals surface area (Å²) in [6.45, 7) is 5.79. The zero-order chi connectivity index (χ0) is 10.5. The summed E-state index contributed by atoms with van der Waals surface area (Å²) in [5, 5.41) is 0. The van der Waals surface area contributed by atoms with E-state index >= 15 is 0 Å². The predicted octanol–water partition coefficient (Wildman–Crippen LogP) is 0.938. The lowest BCUT2D eigenvalue weighted by Crippen LogP contribution is -2.10. The lowest BCUT2D eigenvalue weighted by Gasteiger charge is -2.07. The Labute approximate surface area is 76.9 Å². The van der Waals surface area contributed by atoms with E-state index in [2.05, 4.69) is 15.8 Å². The second-order valence-electron chi connectivity index (χ2n) is 2.55. The van der Waals surface area contributed by atoms with Gasteiger partial charge in [-0.1, -0.05) is 6.58 Å². The second-order valence-corrected chi connectivity index (χ2v) is 4.42. The number of hydrogen-bond donors (Lipinski definition) is 1. The van der Waals surface area contributed by atoms with Crippen molar-refractivity contribution in [3.05, 3.63) is 12.2 Å². The molecular weight excluding hydrogens is 195 g/mol. The molecule has 1 atom stereocenters. The molecule has 0 radical (unpaired) electrons. The summed E-state index contributed by atoms with van der Waals surface area (Å²) in [6, 6.07) is 0. The summed E-state index contributed by atoms with van der Waals surface area (Å²) in [4.78, 5) is 19.4. The molecule has 0 saturated heterocycles. The molecule has 0 bridgehead atoms. The first-order valence-corrected chi connectivity index (χ1v) is 5.63. The highest BCUT2D eigenvalue weighted by molar-refractivity contribution is 7.51. The van der Waals surface area contributed by atoms with Crippen LogP contribution in [0.5, 0.6) is 0 Å². The van der Waals surface area contributed by atoms with Gasteiger partial charge in [0.2, 0.25) is 0 Å². The van der Waals surface area contributed by atoms with Gasteiger partial charge < -0.3 is 14.2 Å². The SMILES string of the molecule is C=C(C)C(=O)OCCOP(C)(=O)O. The maximum atomic E-state index is 10.8. The van der Waals surface area contributed by atoms with Crippen LogP contribution in [0.2, 0.25) is 0 Å². The molecule has 1 unspecified atom stereocenters. The highest BCUT2D eigenvalue weighted by atomic mass is 31.2. The molecule has 0 spiro atoms. The summed E-state index contributed by atoms with van der Waals surface area (Å²) in [6.07, 6.45) is 0. The first kappa shape index (κ1) is 12.4. The molecule has 0 aromatic heterocycles. The van der Waals surface area contributed by atoms with E-state index in [9.17, 15) is 9.36 Å².